The lowest BCUT2D eigenvalue weighted by Crippen LogP contribution is -2.24. The zero-order valence-corrected chi connectivity index (χ0v) is 18.9. The molecule has 1 amide bonds. The molecule has 2 heterocycles. The Labute approximate surface area is 189 Å². The molecule has 0 saturated carbocycles. The van der Waals surface area contributed by atoms with Crippen molar-refractivity contribution in [3.8, 4) is 11.1 Å². The average Bonchev–Trinajstić information content (AvgIpc) is 3.21. The molecule has 7 heteroatoms. The predicted molar refractivity (Wildman–Crippen MR) is 128 cm³/mol. The Hall–Kier alpha value is -3.58. The predicted octanol–water partition coefficient (Wildman–Crippen LogP) is 4.91. The first kappa shape index (κ1) is 21.6. The van der Waals surface area contributed by atoms with E-state index in [9.17, 15) is 14.4 Å². The molecule has 4 aromatic rings. The first-order valence-corrected chi connectivity index (χ1v) is 11.2. The number of nitrogens with zero attached hydrogens (tertiary/aromatic N) is 2. The number of carbonyl (C=O) groups excluding carboxylic acids is 2. The van der Waals surface area contributed by atoms with Crippen molar-refractivity contribution in [3.63, 3.8) is 0 Å². The Kier molecular flexibility index (Phi) is 6.01. The summed E-state index contributed by atoms with van der Waals surface area (Å²) < 4.78 is 1.35. The molecule has 2 aromatic heterocycles. The van der Waals surface area contributed by atoms with E-state index in [1.165, 1.54) is 22.2 Å². The Balaban J connectivity index is 1.59. The fourth-order valence-electron chi connectivity index (χ4n) is 3.30. The van der Waals surface area contributed by atoms with Gasteiger partial charge in [0.15, 0.2) is 5.78 Å². The summed E-state index contributed by atoms with van der Waals surface area (Å²) in [5.74, 6) is -0.426. The third-order valence-electron chi connectivity index (χ3n) is 5.24. The van der Waals surface area contributed by atoms with Crippen LogP contribution in [-0.4, -0.2) is 21.2 Å². The average molecular weight is 446 g/mol. The molecule has 1 N–H and O–H groups in total. The van der Waals surface area contributed by atoms with Crippen molar-refractivity contribution in [1.82, 2.24) is 9.55 Å². The second kappa shape index (κ2) is 8.88. The summed E-state index contributed by atoms with van der Waals surface area (Å²) in [7, 11) is 0. The highest BCUT2D eigenvalue weighted by Crippen LogP contribution is 2.30. The molecule has 0 fully saturated rings. The number of amides is 1. The smallest absolute Gasteiger partial charge is 0.263 e. The number of ketones is 1. The number of aromatic nitrogens is 2. The van der Waals surface area contributed by atoms with Gasteiger partial charge in [0.1, 0.15) is 4.83 Å². The van der Waals surface area contributed by atoms with Crippen LogP contribution in [-0.2, 0) is 11.3 Å². The molecule has 0 aliphatic heterocycles. The van der Waals surface area contributed by atoms with Crippen LogP contribution in [0, 0.1) is 12.8 Å². The summed E-state index contributed by atoms with van der Waals surface area (Å²) in [6.45, 7) is 5.53. The zero-order chi connectivity index (χ0) is 22.8. The van der Waals surface area contributed by atoms with Crippen molar-refractivity contribution in [2.75, 3.05) is 5.32 Å². The minimum Gasteiger partial charge on any atom is -0.326 e. The lowest BCUT2D eigenvalue weighted by Gasteiger charge is -2.09. The highest BCUT2D eigenvalue weighted by atomic mass is 32.1. The van der Waals surface area contributed by atoms with Crippen molar-refractivity contribution < 1.29 is 9.59 Å². The SMILES string of the molecule is Cc1ccc(-c2csc3ncn(CC(=O)c4ccc(NC(=O)C(C)C)cc4)c(=O)c23)cc1. The van der Waals surface area contributed by atoms with Crippen LogP contribution in [0.1, 0.15) is 29.8 Å². The summed E-state index contributed by atoms with van der Waals surface area (Å²) in [4.78, 5) is 42.9. The van der Waals surface area contributed by atoms with E-state index < -0.39 is 0 Å². The number of aryl methyl sites for hydroxylation is 1. The highest BCUT2D eigenvalue weighted by molar-refractivity contribution is 7.17. The lowest BCUT2D eigenvalue weighted by atomic mass is 10.0. The van der Waals surface area contributed by atoms with Gasteiger partial charge < -0.3 is 5.32 Å². The number of carbonyl (C=O) groups is 2. The van der Waals surface area contributed by atoms with Crippen molar-refractivity contribution in [2.45, 2.75) is 27.3 Å². The quantitative estimate of drug-likeness (QED) is 0.428. The van der Waals surface area contributed by atoms with Crippen LogP contribution in [0.2, 0.25) is 0 Å². The molecule has 0 bridgehead atoms. The summed E-state index contributed by atoms with van der Waals surface area (Å²) in [5, 5.41) is 5.25. The van der Waals surface area contributed by atoms with Gasteiger partial charge in [-0.25, -0.2) is 4.98 Å². The molecular weight excluding hydrogens is 422 g/mol. The minimum atomic E-state index is -0.235. The Morgan fingerprint density at radius 2 is 1.75 bits per heavy atom. The summed E-state index contributed by atoms with van der Waals surface area (Å²) >= 11 is 1.42. The van der Waals surface area contributed by atoms with E-state index in [1.807, 2.05) is 50.4 Å². The molecule has 0 saturated heterocycles. The summed E-state index contributed by atoms with van der Waals surface area (Å²) in [6.07, 6.45) is 1.43. The second-order valence-corrected chi connectivity index (χ2v) is 8.88. The molecule has 0 aliphatic carbocycles. The molecule has 162 valence electrons. The Morgan fingerprint density at radius 3 is 2.41 bits per heavy atom. The van der Waals surface area contributed by atoms with Gasteiger partial charge >= 0.3 is 0 Å². The van der Waals surface area contributed by atoms with E-state index in [4.69, 9.17) is 0 Å². The van der Waals surface area contributed by atoms with Gasteiger partial charge in [-0.3, -0.25) is 19.0 Å². The van der Waals surface area contributed by atoms with Crippen LogP contribution in [0.25, 0.3) is 21.3 Å². The topological polar surface area (TPSA) is 81.1 Å². The normalized spacial score (nSPS) is 11.1. The van der Waals surface area contributed by atoms with E-state index in [1.54, 1.807) is 24.3 Å². The number of hydrogen-bond acceptors (Lipinski definition) is 5. The fourth-order valence-corrected chi connectivity index (χ4v) is 4.20. The molecule has 0 aliphatic rings. The zero-order valence-electron chi connectivity index (χ0n) is 18.1. The number of nitrogens with one attached hydrogen (secondary N) is 1. The maximum absolute atomic E-state index is 13.2. The van der Waals surface area contributed by atoms with Gasteiger partial charge in [-0.2, -0.15) is 0 Å². The first-order chi connectivity index (χ1) is 15.3. The summed E-state index contributed by atoms with van der Waals surface area (Å²) in [5.41, 5.74) is 3.77. The number of fused-ring (bicyclic) bond motifs is 1. The monoisotopic (exact) mass is 445 g/mol. The number of anilines is 1. The third kappa shape index (κ3) is 4.38. The van der Waals surface area contributed by atoms with E-state index >= 15 is 0 Å². The van der Waals surface area contributed by atoms with Crippen LogP contribution < -0.4 is 10.9 Å². The molecule has 0 atom stereocenters. The van der Waals surface area contributed by atoms with Crippen molar-refractivity contribution in [2.24, 2.45) is 5.92 Å². The number of benzene rings is 2. The standard InChI is InChI=1S/C25H23N3O3S/c1-15(2)23(30)27-19-10-8-18(9-11-19)21(29)12-28-14-26-24-22(25(28)31)20(13-32-24)17-6-4-16(3)5-7-17/h4-11,13-15H,12H2,1-3H3,(H,27,30). The van der Waals surface area contributed by atoms with Gasteiger partial charge in [-0.05, 0) is 36.8 Å². The van der Waals surface area contributed by atoms with Gasteiger partial charge in [-0.1, -0.05) is 43.7 Å². The van der Waals surface area contributed by atoms with E-state index in [2.05, 4.69) is 10.3 Å². The lowest BCUT2D eigenvalue weighted by molar-refractivity contribution is -0.118. The summed E-state index contributed by atoms with van der Waals surface area (Å²) in [6, 6.07) is 14.7. The van der Waals surface area contributed by atoms with Crippen molar-refractivity contribution >= 4 is 38.9 Å². The van der Waals surface area contributed by atoms with E-state index in [0.717, 1.165) is 16.7 Å². The van der Waals surface area contributed by atoms with E-state index in [-0.39, 0.29) is 29.7 Å². The highest BCUT2D eigenvalue weighted by Gasteiger charge is 2.16. The van der Waals surface area contributed by atoms with Crippen LogP contribution in [0.5, 0.6) is 0 Å². The molecular formula is C25H23N3O3S. The largest absolute Gasteiger partial charge is 0.326 e. The Bertz CT molecular complexity index is 1350. The number of rotatable bonds is 6. The molecule has 0 spiro atoms. The van der Waals surface area contributed by atoms with Gasteiger partial charge in [0.05, 0.1) is 18.3 Å². The molecule has 0 radical (unpaired) electrons. The molecule has 0 unspecified atom stereocenters. The Morgan fingerprint density at radius 1 is 1.06 bits per heavy atom. The van der Waals surface area contributed by atoms with Crippen LogP contribution in [0.15, 0.2) is 65.0 Å². The van der Waals surface area contributed by atoms with Crippen molar-refractivity contribution in [3.05, 3.63) is 81.7 Å². The first-order valence-electron chi connectivity index (χ1n) is 10.3. The maximum atomic E-state index is 13.2. The van der Waals surface area contributed by atoms with Crippen LogP contribution in [0.4, 0.5) is 5.69 Å². The van der Waals surface area contributed by atoms with E-state index in [0.29, 0.717) is 21.5 Å². The fraction of sp³-hybridized carbons (Fsp3) is 0.200. The molecule has 2 aromatic carbocycles. The number of Topliss-reactive ketones (excluding diaryl/α,β-unsaturated/α-hetero) is 1. The van der Waals surface area contributed by atoms with Gasteiger partial charge in [-0.15, -0.1) is 11.3 Å². The van der Waals surface area contributed by atoms with Crippen LogP contribution in [0.3, 0.4) is 0 Å². The van der Waals surface area contributed by atoms with Gasteiger partial charge in [0, 0.05) is 28.1 Å². The second-order valence-electron chi connectivity index (χ2n) is 8.02. The maximum Gasteiger partial charge on any atom is 0.263 e. The number of thiophene rings is 1. The van der Waals surface area contributed by atoms with Crippen LogP contribution >= 0.6 is 11.3 Å². The third-order valence-corrected chi connectivity index (χ3v) is 6.12. The van der Waals surface area contributed by atoms with Gasteiger partial charge in [0.2, 0.25) is 5.91 Å². The minimum absolute atomic E-state index is 0.0878. The number of hydrogen-bond donors (Lipinski definition) is 1. The van der Waals surface area contributed by atoms with Gasteiger partial charge in [0.25, 0.3) is 5.56 Å². The molecule has 4 rings (SSSR count). The molecule has 32 heavy (non-hydrogen) atoms. The van der Waals surface area contributed by atoms with Crippen molar-refractivity contribution in [1.29, 1.82) is 0 Å². The molecule has 6 nitrogen and oxygen atoms in total.